The molecule has 5 heteroatoms. The number of carbonyl (C=O) groups is 1. The molecule has 0 fully saturated rings. The molecule has 0 heterocycles. The average Bonchev–Trinajstić information content (AvgIpc) is 2.49. The van der Waals surface area contributed by atoms with E-state index in [0.717, 1.165) is 17.9 Å². The smallest absolute Gasteiger partial charge is 0.335 e. The van der Waals surface area contributed by atoms with Gasteiger partial charge in [0.1, 0.15) is 5.75 Å². The highest BCUT2D eigenvalue weighted by Gasteiger charge is 2.05. The molecule has 21 heavy (non-hydrogen) atoms. The predicted molar refractivity (Wildman–Crippen MR) is 82.9 cm³/mol. The van der Waals surface area contributed by atoms with E-state index in [1.165, 1.54) is 12.1 Å². The summed E-state index contributed by atoms with van der Waals surface area (Å²) in [5.41, 5.74) is 7.16. The predicted octanol–water partition coefficient (Wildman–Crippen LogP) is 2.85. The molecule has 110 valence electrons. The lowest BCUT2D eigenvalue weighted by atomic mass is 10.1. The number of anilines is 2. The van der Waals surface area contributed by atoms with Crippen LogP contribution in [-0.4, -0.2) is 24.2 Å². The minimum Gasteiger partial charge on any atom is -0.494 e. The Kier molecular flexibility index (Phi) is 5.04. The molecule has 4 N–H and O–H groups in total. The number of hydrogen-bond donors (Lipinski definition) is 3. The van der Waals surface area contributed by atoms with E-state index in [4.69, 9.17) is 15.6 Å². The highest BCUT2D eigenvalue weighted by atomic mass is 16.5. The molecule has 0 spiro atoms. The van der Waals surface area contributed by atoms with Crippen molar-refractivity contribution in [1.82, 2.24) is 0 Å². The van der Waals surface area contributed by atoms with Crippen LogP contribution in [0.25, 0.3) is 0 Å². The molecule has 0 atom stereocenters. The van der Waals surface area contributed by atoms with Gasteiger partial charge in [-0.25, -0.2) is 4.79 Å². The van der Waals surface area contributed by atoms with Gasteiger partial charge in [0.25, 0.3) is 0 Å². The standard InChI is InChI=1S/C16H18N2O3/c17-14-11-12(16(19)20)7-8-15(14)18-9-4-10-21-13-5-2-1-3-6-13/h1-3,5-8,11,18H,4,9-10,17H2,(H,19,20). The number of nitrogen functional groups attached to an aromatic ring is 1. The monoisotopic (exact) mass is 286 g/mol. The van der Waals surface area contributed by atoms with E-state index in [-0.39, 0.29) is 5.56 Å². The molecule has 0 unspecified atom stereocenters. The topological polar surface area (TPSA) is 84.6 Å². The van der Waals surface area contributed by atoms with Gasteiger partial charge in [-0.1, -0.05) is 18.2 Å². The summed E-state index contributed by atoms with van der Waals surface area (Å²) >= 11 is 0. The fourth-order valence-electron chi connectivity index (χ4n) is 1.86. The Morgan fingerprint density at radius 1 is 1.19 bits per heavy atom. The SMILES string of the molecule is Nc1cc(C(=O)O)ccc1NCCCOc1ccccc1. The first-order valence-corrected chi connectivity index (χ1v) is 6.71. The molecule has 2 aromatic carbocycles. The molecule has 0 saturated heterocycles. The molecule has 0 aromatic heterocycles. The lowest BCUT2D eigenvalue weighted by Crippen LogP contribution is -2.09. The van der Waals surface area contributed by atoms with Crippen LogP contribution in [0.5, 0.6) is 5.75 Å². The lowest BCUT2D eigenvalue weighted by Gasteiger charge is -2.10. The summed E-state index contributed by atoms with van der Waals surface area (Å²) in [7, 11) is 0. The summed E-state index contributed by atoms with van der Waals surface area (Å²) in [5.74, 6) is -0.132. The minimum atomic E-state index is -0.982. The number of rotatable bonds is 7. The van der Waals surface area contributed by atoms with E-state index < -0.39 is 5.97 Å². The van der Waals surface area contributed by atoms with Crippen molar-refractivity contribution >= 4 is 17.3 Å². The molecular formula is C16H18N2O3. The van der Waals surface area contributed by atoms with E-state index in [9.17, 15) is 4.79 Å². The van der Waals surface area contributed by atoms with Crippen molar-refractivity contribution < 1.29 is 14.6 Å². The summed E-state index contributed by atoms with van der Waals surface area (Å²) in [4.78, 5) is 10.8. The number of para-hydroxylation sites is 1. The summed E-state index contributed by atoms with van der Waals surface area (Å²) < 4.78 is 5.58. The number of hydrogen-bond acceptors (Lipinski definition) is 4. The molecule has 0 saturated carbocycles. The van der Waals surface area contributed by atoms with E-state index in [2.05, 4.69) is 5.32 Å². The van der Waals surface area contributed by atoms with Crippen molar-refractivity contribution in [3.8, 4) is 5.75 Å². The van der Waals surface area contributed by atoms with Crippen molar-refractivity contribution in [2.24, 2.45) is 0 Å². The maximum Gasteiger partial charge on any atom is 0.335 e. The van der Waals surface area contributed by atoms with Crippen LogP contribution in [0.15, 0.2) is 48.5 Å². The number of carboxylic acids is 1. The van der Waals surface area contributed by atoms with Crippen LogP contribution in [-0.2, 0) is 0 Å². The molecule has 0 aliphatic carbocycles. The maximum absolute atomic E-state index is 10.8. The zero-order chi connectivity index (χ0) is 15.1. The Balaban J connectivity index is 1.75. The normalized spacial score (nSPS) is 10.1. The minimum absolute atomic E-state index is 0.186. The Morgan fingerprint density at radius 2 is 1.95 bits per heavy atom. The number of nitrogens with one attached hydrogen (secondary N) is 1. The van der Waals surface area contributed by atoms with Crippen LogP contribution in [0.1, 0.15) is 16.8 Å². The highest BCUT2D eigenvalue weighted by Crippen LogP contribution is 2.19. The number of aromatic carboxylic acids is 1. The number of nitrogens with two attached hydrogens (primary N) is 1. The largest absolute Gasteiger partial charge is 0.494 e. The van der Waals surface area contributed by atoms with Crippen molar-refractivity contribution in [2.75, 3.05) is 24.2 Å². The first-order chi connectivity index (χ1) is 10.2. The van der Waals surface area contributed by atoms with Crippen molar-refractivity contribution in [1.29, 1.82) is 0 Å². The van der Waals surface area contributed by atoms with Crippen molar-refractivity contribution in [3.63, 3.8) is 0 Å². The molecule has 2 rings (SSSR count). The van der Waals surface area contributed by atoms with Crippen molar-refractivity contribution in [2.45, 2.75) is 6.42 Å². The summed E-state index contributed by atoms with van der Waals surface area (Å²) in [6.45, 7) is 1.30. The molecule has 0 amide bonds. The third-order valence-electron chi connectivity index (χ3n) is 2.95. The molecule has 0 bridgehead atoms. The fourth-order valence-corrected chi connectivity index (χ4v) is 1.86. The molecule has 0 aliphatic rings. The van der Waals surface area contributed by atoms with Gasteiger partial charge < -0.3 is 20.9 Å². The van der Waals surface area contributed by atoms with Crippen LogP contribution in [0.2, 0.25) is 0 Å². The summed E-state index contributed by atoms with van der Waals surface area (Å²) in [6, 6.07) is 14.3. The Hall–Kier alpha value is -2.69. The average molecular weight is 286 g/mol. The Labute approximate surface area is 123 Å². The van der Waals surface area contributed by atoms with Crippen LogP contribution in [0.4, 0.5) is 11.4 Å². The van der Waals surface area contributed by atoms with Gasteiger partial charge in [0, 0.05) is 6.54 Å². The van der Waals surface area contributed by atoms with Gasteiger partial charge in [-0.05, 0) is 36.8 Å². The van der Waals surface area contributed by atoms with Crippen LogP contribution in [0, 0.1) is 0 Å². The second-order valence-corrected chi connectivity index (χ2v) is 4.55. The number of carboxylic acid groups (broad SMARTS) is 1. The van der Waals surface area contributed by atoms with E-state index >= 15 is 0 Å². The van der Waals surface area contributed by atoms with E-state index in [1.807, 2.05) is 30.3 Å². The molecule has 0 radical (unpaired) electrons. The van der Waals surface area contributed by atoms with Crippen LogP contribution >= 0.6 is 0 Å². The van der Waals surface area contributed by atoms with Crippen molar-refractivity contribution in [3.05, 3.63) is 54.1 Å². The van der Waals surface area contributed by atoms with Gasteiger partial charge in [-0.2, -0.15) is 0 Å². The molecule has 2 aromatic rings. The third-order valence-corrected chi connectivity index (χ3v) is 2.95. The van der Waals surface area contributed by atoms with Crippen LogP contribution in [0.3, 0.4) is 0 Å². The van der Waals surface area contributed by atoms with Gasteiger partial charge in [0.2, 0.25) is 0 Å². The molecule has 5 nitrogen and oxygen atoms in total. The Morgan fingerprint density at radius 3 is 2.62 bits per heavy atom. The highest BCUT2D eigenvalue weighted by molar-refractivity contribution is 5.90. The first-order valence-electron chi connectivity index (χ1n) is 6.71. The number of benzene rings is 2. The van der Waals surface area contributed by atoms with Gasteiger partial charge in [0.15, 0.2) is 0 Å². The van der Waals surface area contributed by atoms with Gasteiger partial charge in [0.05, 0.1) is 23.5 Å². The second-order valence-electron chi connectivity index (χ2n) is 4.55. The second kappa shape index (κ2) is 7.19. The summed E-state index contributed by atoms with van der Waals surface area (Å²) in [6.07, 6.45) is 0.815. The first kappa shape index (κ1) is 14.7. The van der Waals surface area contributed by atoms with Gasteiger partial charge in [-0.15, -0.1) is 0 Å². The fraction of sp³-hybridized carbons (Fsp3) is 0.188. The maximum atomic E-state index is 10.8. The van der Waals surface area contributed by atoms with E-state index in [1.54, 1.807) is 6.07 Å². The van der Waals surface area contributed by atoms with Gasteiger partial charge >= 0.3 is 5.97 Å². The summed E-state index contributed by atoms with van der Waals surface area (Å²) in [5, 5.41) is 12.0. The molecule has 0 aliphatic heterocycles. The molecular weight excluding hydrogens is 268 g/mol. The third kappa shape index (κ3) is 4.42. The van der Waals surface area contributed by atoms with Crippen LogP contribution < -0.4 is 15.8 Å². The zero-order valence-electron chi connectivity index (χ0n) is 11.6. The number of ether oxygens (including phenoxy) is 1. The van der Waals surface area contributed by atoms with Gasteiger partial charge in [-0.3, -0.25) is 0 Å². The van der Waals surface area contributed by atoms with E-state index in [0.29, 0.717) is 18.8 Å². The Bertz CT molecular complexity index is 600. The lowest BCUT2D eigenvalue weighted by molar-refractivity contribution is 0.0697. The quantitative estimate of drug-likeness (QED) is 0.538. The zero-order valence-corrected chi connectivity index (χ0v) is 11.6.